The second-order valence-electron chi connectivity index (χ2n) is 4.38. The lowest BCUT2D eigenvalue weighted by Crippen LogP contribution is -2.25. The minimum absolute atomic E-state index is 0.0163. The molecular weight excluding hydrogens is 338 g/mol. The molecule has 24 heavy (non-hydrogen) atoms. The fraction of sp³-hybridized carbons (Fsp3) is 0.467. The molecular formula is C15H19NO7S. The number of hydrogen-bond donors (Lipinski definition) is 1. The molecule has 1 rings (SSSR count). The molecule has 0 radical (unpaired) electrons. The zero-order valence-electron chi connectivity index (χ0n) is 13.9. The number of rotatable bonds is 6. The van der Waals surface area contributed by atoms with Crippen molar-refractivity contribution >= 4 is 40.2 Å². The van der Waals surface area contributed by atoms with E-state index in [0.29, 0.717) is 5.56 Å². The number of amides is 1. The van der Waals surface area contributed by atoms with Crippen LogP contribution in [0.4, 0.5) is 5.00 Å². The Bertz CT molecular complexity index is 650. The molecule has 8 nitrogen and oxygen atoms in total. The van der Waals surface area contributed by atoms with Crippen LogP contribution in [-0.4, -0.2) is 43.6 Å². The van der Waals surface area contributed by atoms with Crippen molar-refractivity contribution in [3.63, 3.8) is 0 Å². The van der Waals surface area contributed by atoms with Gasteiger partial charge >= 0.3 is 23.8 Å². The van der Waals surface area contributed by atoms with E-state index in [0.717, 1.165) is 11.3 Å². The van der Waals surface area contributed by atoms with Gasteiger partial charge in [-0.1, -0.05) is 0 Å². The van der Waals surface area contributed by atoms with E-state index in [4.69, 9.17) is 9.47 Å². The molecule has 1 amide bonds. The van der Waals surface area contributed by atoms with Crippen molar-refractivity contribution in [2.24, 2.45) is 0 Å². The molecule has 132 valence electrons. The van der Waals surface area contributed by atoms with Crippen molar-refractivity contribution < 1.29 is 33.4 Å². The molecule has 1 heterocycles. The fourth-order valence-electron chi connectivity index (χ4n) is 1.79. The van der Waals surface area contributed by atoms with Crippen molar-refractivity contribution in [2.45, 2.75) is 27.7 Å². The number of carbonyl (C=O) groups excluding carboxylic acids is 4. The number of thiophene rings is 1. The Hall–Kier alpha value is -2.42. The first-order valence-electron chi connectivity index (χ1n) is 7.32. The van der Waals surface area contributed by atoms with Crippen LogP contribution in [0.5, 0.6) is 0 Å². The monoisotopic (exact) mass is 357 g/mol. The van der Waals surface area contributed by atoms with Gasteiger partial charge in [0.2, 0.25) is 0 Å². The lowest BCUT2D eigenvalue weighted by Gasteiger charge is -2.06. The Balaban J connectivity index is 3.23. The first kappa shape index (κ1) is 19.6. The van der Waals surface area contributed by atoms with Crippen molar-refractivity contribution in [1.82, 2.24) is 0 Å². The van der Waals surface area contributed by atoms with Gasteiger partial charge in [-0.25, -0.2) is 14.4 Å². The maximum absolute atomic E-state index is 12.1. The van der Waals surface area contributed by atoms with Gasteiger partial charge < -0.3 is 19.5 Å². The Morgan fingerprint density at radius 1 is 0.917 bits per heavy atom. The summed E-state index contributed by atoms with van der Waals surface area (Å²) in [5.74, 6) is -3.46. The molecule has 9 heteroatoms. The summed E-state index contributed by atoms with van der Waals surface area (Å²) in [6, 6.07) is 0. The number of anilines is 1. The smallest absolute Gasteiger partial charge is 0.397 e. The lowest BCUT2D eigenvalue weighted by molar-refractivity contribution is -0.152. The van der Waals surface area contributed by atoms with Gasteiger partial charge in [0.15, 0.2) is 0 Å². The summed E-state index contributed by atoms with van der Waals surface area (Å²) in [5.41, 5.74) is 0.332. The van der Waals surface area contributed by atoms with Crippen LogP contribution in [0.25, 0.3) is 0 Å². The van der Waals surface area contributed by atoms with Crippen LogP contribution in [0.3, 0.4) is 0 Å². The summed E-state index contributed by atoms with van der Waals surface area (Å²) in [6.07, 6.45) is 0. The van der Waals surface area contributed by atoms with Gasteiger partial charge in [0.1, 0.15) is 9.88 Å². The van der Waals surface area contributed by atoms with Crippen molar-refractivity contribution in [3.8, 4) is 0 Å². The first-order chi connectivity index (χ1) is 11.4. The number of nitrogens with one attached hydrogen (secondary N) is 1. The Morgan fingerprint density at radius 2 is 1.46 bits per heavy atom. The molecule has 0 atom stereocenters. The minimum atomic E-state index is -1.09. The van der Waals surface area contributed by atoms with E-state index in [9.17, 15) is 19.2 Å². The van der Waals surface area contributed by atoms with Crippen molar-refractivity contribution in [2.75, 3.05) is 25.1 Å². The molecule has 0 aliphatic carbocycles. The molecule has 0 aliphatic rings. The van der Waals surface area contributed by atoms with Crippen LogP contribution in [0.15, 0.2) is 0 Å². The standard InChI is InChI=1S/C15H19NO7S/c1-5-21-13(18)9-8(4)10(14(19)22-6-2)24-12(9)16-11(17)15(20)23-7-3/h5-7H2,1-4H3,(H,16,17). The predicted molar refractivity (Wildman–Crippen MR) is 86.2 cm³/mol. The van der Waals surface area contributed by atoms with Crippen LogP contribution < -0.4 is 5.32 Å². The van der Waals surface area contributed by atoms with E-state index < -0.39 is 23.8 Å². The molecule has 0 saturated heterocycles. The molecule has 1 aromatic rings. The zero-order valence-corrected chi connectivity index (χ0v) is 14.7. The summed E-state index contributed by atoms with van der Waals surface area (Å²) in [7, 11) is 0. The highest BCUT2D eigenvalue weighted by Crippen LogP contribution is 2.34. The highest BCUT2D eigenvalue weighted by atomic mass is 32.1. The molecule has 1 N–H and O–H groups in total. The van der Waals surface area contributed by atoms with Gasteiger partial charge in [0, 0.05) is 0 Å². The maximum Gasteiger partial charge on any atom is 0.397 e. The van der Waals surface area contributed by atoms with Crippen LogP contribution >= 0.6 is 11.3 Å². The third-order valence-corrected chi connectivity index (χ3v) is 3.96. The molecule has 0 bridgehead atoms. The molecule has 0 spiro atoms. The van der Waals surface area contributed by atoms with E-state index in [-0.39, 0.29) is 35.3 Å². The van der Waals surface area contributed by atoms with Gasteiger partial charge in [-0.2, -0.15) is 0 Å². The first-order valence-corrected chi connectivity index (χ1v) is 8.14. The van der Waals surface area contributed by atoms with Gasteiger partial charge in [0.25, 0.3) is 0 Å². The second kappa shape index (κ2) is 9.02. The van der Waals surface area contributed by atoms with Gasteiger partial charge in [0.05, 0.1) is 25.4 Å². The number of carbonyl (C=O) groups is 4. The average molecular weight is 357 g/mol. The summed E-state index contributed by atoms with van der Waals surface area (Å²) < 4.78 is 14.5. The summed E-state index contributed by atoms with van der Waals surface area (Å²) in [5, 5.41) is 2.32. The Morgan fingerprint density at radius 3 is 2.00 bits per heavy atom. The van der Waals surface area contributed by atoms with Crippen molar-refractivity contribution in [3.05, 3.63) is 16.0 Å². The highest BCUT2D eigenvalue weighted by Gasteiger charge is 2.28. The molecule has 0 aromatic carbocycles. The predicted octanol–water partition coefficient (Wildman–Crippen LogP) is 1.91. The average Bonchev–Trinajstić information content (AvgIpc) is 2.84. The van der Waals surface area contributed by atoms with E-state index >= 15 is 0 Å². The molecule has 0 aliphatic heterocycles. The van der Waals surface area contributed by atoms with Crippen LogP contribution in [0.2, 0.25) is 0 Å². The van der Waals surface area contributed by atoms with E-state index in [1.54, 1.807) is 20.8 Å². The molecule has 0 fully saturated rings. The maximum atomic E-state index is 12.1. The Kier molecular flexibility index (Phi) is 7.37. The quantitative estimate of drug-likeness (QED) is 0.470. The molecule has 0 unspecified atom stereocenters. The molecule has 1 aromatic heterocycles. The van der Waals surface area contributed by atoms with E-state index in [1.807, 2.05) is 0 Å². The number of esters is 3. The van der Waals surface area contributed by atoms with Gasteiger partial charge in [-0.3, -0.25) is 4.79 Å². The normalized spacial score (nSPS) is 10.0. The minimum Gasteiger partial charge on any atom is -0.462 e. The van der Waals surface area contributed by atoms with Crippen molar-refractivity contribution in [1.29, 1.82) is 0 Å². The number of hydrogen-bond acceptors (Lipinski definition) is 8. The van der Waals surface area contributed by atoms with Gasteiger partial charge in [-0.05, 0) is 33.3 Å². The summed E-state index contributed by atoms with van der Waals surface area (Å²) >= 11 is 0.837. The topological polar surface area (TPSA) is 108 Å². The van der Waals surface area contributed by atoms with Crippen LogP contribution in [0.1, 0.15) is 46.4 Å². The second-order valence-corrected chi connectivity index (χ2v) is 5.40. The number of ether oxygens (including phenoxy) is 3. The van der Waals surface area contributed by atoms with E-state index in [2.05, 4.69) is 10.1 Å². The summed E-state index contributed by atoms with van der Waals surface area (Å²) in [6.45, 7) is 6.69. The third kappa shape index (κ3) is 4.54. The Labute approximate surface area is 143 Å². The highest BCUT2D eigenvalue weighted by molar-refractivity contribution is 7.18. The zero-order chi connectivity index (χ0) is 18.3. The van der Waals surface area contributed by atoms with E-state index in [1.165, 1.54) is 6.92 Å². The third-order valence-electron chi connectivity index (χ3n) is 2.78. The lowest BCUT2D eigenvalue weighted by atomic mass is 10.1. The SMILES string of the molecule is CCOC(=O)C(=O)Nc1sc(C(=O)OCC)c(C)c1C(=O)OCC. The summed E-state index contributed by atoms with van der Waals surface area (Å²) in [4.78, 5) is 47.5. The largest absolute Gasteiger partial charge is 0.462 e. The van der Waals surface area contributed by atoms with Crippen LogP contribution in [-0.2, 0) is 23.8 Å². The molecule has 0 saturated carbocycles. The fourth-order valence-corrected chi connectivity index (χ4v) is 2.88. The van der Waals surface area contributed by atoms with Crippen LogP contribution in [0, 0.1) is 6.92 Å². The van der Waals surface area contributed by atoms with Gasteiger partial charge in [-0.15, -0.1) is 11.3 Å².